The first-order valence-electron chi connectivity index (χ1n) is 23.2. The van der Waals surface area contributed by atoms with Gasteiger partial charge in [-0.05, 0) is 119 Å². The van der Waals surface area contributed by atoms with Crippen LogP contribution in [0.5, 0.6) is 0 Å². The minimum Gasteiger partial charge on any atom is -0.228 e. The van der Waals surface area contributed by atoms with E-state index < -0.39 is 0 Å². The monoisotopic (exact) mass is 864 g/mol. The molecule has 2 nitrogen and oxygen atoms in total. The number of hydrogen-bond donors (Lipinski definition) is 0. The fraction of sp³-hybridized carbons (Fsp3) is 0. The van der Waals surface area contributed by atoms with Gasteiger partial charge in [0.15, 0.2) is 5.82 Å². The zero-order valence-corrected chi connectivity index (χ0v) is 37.3. The summed E-state index contributed by atoms with van der Waals surface area (Å²) in [4.78, 5) is 10.6. The summed E-state index contributed by atoms with van der Waals surface area (Å²) in [5, 5.41) is 3.37. The molecule has 11 aromatic carbocycles. The first kappa shape index (κ1) is 40.5. The molecule has 0 N–H and O–H groups in total. The number of fused-ring (bicyclic) bond motifs is 3. The largest absolute Gasteiger partial charge is 0.228 e. The third kappa shape index (κ3) is 8.06. The molecule has 0 atom stereocenters. The average molecular weight is 865 g/mol. The maximum atomic E-state index is 5.36. The average Bonchev–Trinajstić information content (AvgIpc) is 3.43. The van der Waals surface area contributed by atoms with Crippen molar-refractivity contribution in [3.05, 3.63) is 267 Å². The highest BCUT2D eigenvalue weighted by molar-refractivity contribution is 6.12. The third-order valence-corrected chi connectivity index (χ3v) is 13.1. The summed E-state index contributed by atoms with van der Waals surface area (Å²) < 4.78 is 0. The Morgan fingerprint density at radius 3 is 1.03 bits per heavy atom. The second kappa shape index (κ2) is 17.8. The molecular weight excluding hydrogens is 821 g/mol. The van der Waals surface area contributed by atoms with Gasteiger partial charge in [0.2, 0.25) is 0 Å². The molecule has 0 saturated heterocycles. The molecule has 0 saturated carbocycles. The van der Waals surface area contributed by atoms with Crippen molar-refractivity contribution in [2.75, 3.05) is 0 Å². The number of hydrogen-bond acceptors (Lipinski definition) is 2. The lowest BCUT2D eigenvalue weighted by Crippen LogP contribution is -1.96. The Labute approximate surface area is 397 Å². The predicted molar refractivity (Wildman–Crippen MR) is 286 cm³/mol. The van der Waals surface area contributed by atoms with Crippen LogP contribution in [0.1, 0.15) is 0 Å². The maximum absolute atomic E-state index is 5.36. The standard InChI is InChI=1S/C66H44N2/c1-4-13-45(14-5-1)57-20-12-21-58(41-57)52-27-23-48(24-28-52)50-31-35-55(36-32-50)65-64-62-22-11-10-19-54(62)39-40-63(64)67-66(68-65)56-37-33-51(34-38-56)49-25-29-53(30-26-49)61-43-59(46-15-6-2-7-16-46)42-60(44-61)47-17-8-3-9-18-47/h1-44H. The molecule has 318 valence electrons. The first-order valence-corrected chi connectivity index (χ1v) is 23.2. The lowest BCUT2D eigenvalue weighted by Gasteiger charge is -2.13. The van der Waals surface area contributed by atoms with Gasteiger partial charge in [0.25, 0.3) is 0 Å². The van der Waals surface area contributed by atoms with Crippen LogP contribution in [0.3, 0.4) is 0 Å². The van der Waals surface area contributed by atoms with E-state index in [1.807, 2.05) is 0 Å². The van der Waals surface area contributed by atoms with E-state index in [-0.39, 0.29) is 0 Å². The number of aromatic nitrogens is 2. The van der Waals surface area contributed by atoms with E-state index in [2.05, 4.69) is 267 Å². The molecule has 12 rings (SSSR count). The topological polar surface area (TPSA) is 25.8 Å². The van der Waals surface area contributed by atoms with Gasteiger partial charge >= 0.3 is 0 Å². The summed E-state index contributed by atoms with van der Waals surface area (Å²) in [5.41, 5.74) is 20.5. The number of benzene rings is 11. The van der Waals surface area contributed by atoms with E-state index in [0.717, 1.165) is 49.8 Å². The molecule has 2 heteroatoms. The van der Waals surface area contributed by atoms with Crippen molar-refractivity contribution < 1.29 is 0 Å². The fourth-order valence-corrected chi connectivity index (χ4v) is 9.48. The number of nitrogens with zero attached hydrogens (tertiary/aromatic N) is 2. The van der Waals surface area contributed by atoms with Crippen molar-refractivity contribution in [1.82, 2.24) is 9.97 Å². The van der Waals surface area contributed by atoms with Crippen molar-refractivity contribution >= 4 is 21.7 Å². The Balaban J connectivity index is 0.840. The molecule has 0 aliphatic carbocycles. The van der Waals surface area contributed by atoms with Gasteiger partial charge in [-0.3, -0.25) is 0 Å². The molecule has 0 radical (unpaired) electrons. The number of rotatable bonds is 9. The highest BCUT2D eigenvalue weighted by Gasteiger charge is 2.16. The smallest absolute Gasteiger partial charge is 0.160 e. The molecule has 0 fully saturated rings. The van der Waals surface area contributed by atoms with Gasteiger partial charge in [-0.1, -0.05) is 237 Å². The Morgan fingerprint density at radius 2 is 0.544 bits per heavy atom. The first-order chi connectivity index (χ1) is 33.7. The second-order valence-corrected chi connectivity index (χ2v) is 17.4. The van der Waals surface area contributed by atoms with Crippen LogP contribution < -0.4 is 0 Å². The van der Waals surface area contributed by atoms with Gasteiger partial charge in [0.05, 0.1) is 11.2 Å². The third-order valence-electron chi connectivity index (χ3n) is 13.1. The van der Waals surface area contributed by atoms with Crippen LogP contribution in [0.4, 0.5) is 0 Å². The fourth-order valence-electron chi connectivity index (χ4n) is 9.48. The maximum Gasteiger partial charge on any atom is 0.160 e. The quantitative estimate of drug-likeness (QED) is 0.135. The van der Waals surface area contributed by atoms with Crippen molar-refractivity contribution in [2.24, 2.45) is 0 Å². The van der Waals surface area contributed by atoms with E-state index in [9.17, 15) is 0 Å². The van der Waals surface area contributed by atoms with Crippen LogP contribution in [0.15, 0.2) is 267 Å². The van der Waals surface area contributed by atoms with Gasteiger partial charge in [-0.2, -0.15) is 0 Å². The highest BCUT2D eigenvalue weighted by Crippen LogP contribution is 2.38. The molecule has 1 aromatic heterocycles. The van der Waals surface area contributed by atoms with E-state index in [4.69, 9.17) is 9.97 Å². The summed E-state index contributed by atoms with van der Waals surface area (Å²) >= 11 is 0. The second-order valence-electron chi connectivity index (χ2n) is 17.4. The van der Waals surface area contributed by atoms with Gasteiger partial charge in [0, 0.05) is 16.5 Å². The zero-order valence-electron chi connectivity index (χ0n) is 37.3. The summed E-state index contributed by atoms with van der Waals surface area (Å²) in [6.07, 6.45) is 0. The molecule has 0 unspecified atom stereocenters. The Kier molecular flexibility index (Phi) is 10.6. The van der Waals surface area contributed by atoms with Crippen molar-refractivity contribution in [3.8, 4) is 101 Å². The van der Waals surface area contributed by atoms with Gasteiger partial charge in [0.1, 0.15) is 0 Å². The molecule has 0 bridgehead atoms. The van der Waals surface area contributed by atoms with Crippen molar-refractivity contribution in [1.29, 1.82) is 0 Å². The molecule has 0 aliphatic rings. The Morgan fingerprint density at radius 1 is 0.206 bits per heavy atom. The minimum absolute atomic E-state index is 0.702. The van der Waals surface area contributed by atoms with Crippen LogP contribution in [-0.2, 0) is 0 Å². The summed E-state index contributed by atoms with van der Waals surface area (Å²) in [6.45, 7) is 0. The van der Waals surface area contributed by atoms with Crippen LogP contribution >= 0.6 is 0 Å². The van der Waals surface area contributed by atoms with E-state index in [1.54, 1.807) is 0 Å². The Hall–Kier alpha value is -8.98. The Bertz CT molecular complexity index is 3660. The lowest BCUT2D eigenvalue weighted by molar-refractivity contribution is 1.23. The SMILES string of the molecule is c1ccc(-c2cccc(-c3ccc(-c4ccc(-c5nc(-c6ccc(-c7ccc(-c8cc(-c9ccccc9)cc(-c9ccccc9)c8)cc7)cc6)nc6ccc7ccccc7c56)cc4)cc3)c2)cc1. The molecule has 1 heterocycles. The lowest BCUT2D eigenvalue weighted by atomic mass is 9.92. The van der Waals surface area contributed by atoms with E-state index in [0.29, 0.717) is 5.82 Å². The molecule has 12 aromatic rings. The normalized spacial score (nSPS) is 11.2. The molecule has 68 heavy (non-hydrogen) atoms. The summed E-state index contributed by atoms with van der Waals surface area (Å²) in [5.74, 6) is 0.702. The minimum atomic E-state index is 0.702. The van der Waals surface area contributed by atoms with Crippen molar-refractivity contribution in [3.63, 3.8) is 0 Å². The van der Waals surface area contributed by atoms with E-state index in [1.165, 1.54) is 66.6 Å². The van der Waals surface area contributed by atoms with Crippen LogP contribution in [0, 0.1) is 0 Å². The molecular formula is C66H44N2. The van der Waals surface area contributed by atoms with Gasteiger partial charge in [-0.15, -0.1) is 0 Å². The summed E-state index contributed by atoms with van der Waals surface area (Å²) in [7, 11) is 0. The van der Waals surface area contributed by atoms with E-state index >= 15 is 0 Å². The molecule has 0 aliphatic heterocycles. The van der Waals surface area contributed by atoms with Crippen molar-refractivity contribution in [2.45, 2.75) is 0 Å². The van der Waals surface area contributed by atoms with Gasteiger partial charge < -0.3 is 0 Å². The van der Waals surface area contributed by atoms with Crippen LogP contribution in [0.2, 0.25) is 0 Å². The molecule has 0 amide bonds. The summed E-state index contributed by atoms with van der Waals surface area (Å²) in [6, 6.07) is 95.5. The van der Waals surface area contributed by atoms with Crippen LogP contribution in [-0.4, -0.2) is 9.97 Å². The van der Waals surface area contributed by atoms with Gasteiger partial charge in [-0.25, -0.2) is 9.97 Å². The van der Waals surface area contributed by atoms with Crippen LogP contribution in [0.25, 0.3) is 122 Å². The molecule has 0 spiro atoms. The zero-order chi connectivity index (χ0) is 45.2. The highest BCUT2D eigenvalue weighted by atomic mass is 14.9. The predicted octanol–water partition coefficient (Wildman–Crippen LogP) is 17.8.